The molecule has 23 heavy (non-hydrogen) atoms. The highest BCUT2D eigenvalue weighted by atomic mass is 19.1. The lowest BCUT2D eigenvalue weighted by Gasteiger charge is -2.05. The van der Waals surface area contributed by atoms with Gasteiger partial charge in [0.05, 0.1) is 0 Å². The number of amides is 2. The topological polar surface area (TPSA) is 67.2 Å². The largest absolute Gasteiger partial charge is 0.354 e. The van der Waals surface area contributed by atoms with Crippen LogP contribution >= 0.6 is 0 Å². The van der Waals surface area contributed by atoms with E-state index in [0.717, 1.165) is 5.56 Å². The molecular formula is C17H14FN3O2. The first-order valence-electron chi connectivity index (χ1n) is 7.02. The van der Waals surface area contributed by atoms with E-state index >= 15 is 0 Å². The summed E-state index contributed by atoms with van der Waals surface area (Å²) in [4.78, 5) is 11.8. The van der Waals surface area contributed by atoms with Crippen LogP contribution in [-0.2, 0) is 6.54 Å². The molecule has 2 amide bonds. The van der Waals surface area contributed by atoms with Gasteiger partial charge in [-0.15, -0.1) is 0 Å². The van der Waals surface area contributed by atoms with Crippen LogP contribution in [-0.4, -0.2) is 11.2 Å². The zero-order chi connectivity index (χ0) is 16.1. The fourth-order valence-electron chi connectivity index (χ4n) is 2.06. The highest BCUT2D eigenvalue weighted by molar-refractivity contribution is 5.88. The van der Waals surface area contributed by atoms with E-state index in [-0.39, 0.29) is 12.4 Å². The van der Waals surface area contributed by atoms with Gasteiger partial charge >= 0.3 is 6.03 Å². The van der Waals surface area contributed by atoms with Crippen LogP contribution in [0.3, 0.4) is 0 Å². The summed E-state index contributed by atoms with van der Waals surface area (Å²) in [6.07, 6.45) is 0. The third-order valence-electron chi connectivity index (χ3n) is 3.15. The standard InChI is InChI=1S/C17H14FN3O2/c18-14-8-4-5-12(9-14)11-19-17(22)20-16-10-15(23-21-16)13-6-2-1-3-7-13/h1-10H,11H2,(H2,19,20,21,22). The molecule has 0 saturated heterocycles. The number of aromatic nitrogens is 1. The summed E-state index contributed by atoms with van der Waals surface area (Å²) < 4.78 is 18.2. The first-order valence-corrected chi connectivity index (χ1v) is 7.02. The Morgan fingerprint density at radius 2 is 1.91 bits per heavy atom. The van der Waals surface area contributed by atoms with Gasteiger partial charge in [0.2, 0.25) is 0 Å². The molecule has 5 nitrogen and oxygen atoms in total. The summed E-state index contributed by atoms with van der Waals surface area (Å²) in [7, 11) is 0. The molecule has 0 aliphatic rings. The van der Waals surface area contributed by atoms with Gasteiger partial charge in [-0.2, -0.15) is 0 Å². The number of urea groups is 1. The Hall–Kier alpha value is -3.15. The third-order valence-corrected chi connectivity index (χ3v) is 3.15. The number of carbonyl (C=O) groups is 1. The number of carbonyl (C=O) groups excluding carboxylic acids is 1. The summed E-state index contributed by atoms with van der Waals surface area (Å²) in [6.45, 7) is 0.215. The lowest BCUT2D eigenvalue weighted by Crippen LogP contribution is -2.28. The minimum absolute atomic E-state index is 0.215. The second-order valence-electron chi connectivity index (χ2n) is 4.88. The van der Waals surface area contributed by atoms with Gasteiger partial charge in [-0.1, -0.05) is 47.6 Å². The molecule has 0 aliphatic heterocycles. The predicted octanol–water partition coefficient (Wildman–Crippen LogP) is 3.80. The number of halogens is 1. The molecular weight excluding hydrogens is 297 g/mol. The van der Waals surface area contributed by atoms with Gasteiger partial charge in [0.15, 0.2) is 11.6 Å². The van der Waals surface area contributed by atoms with Crippen LogP contribution in [0.5, 0.6) is 0 Å². The predicted molar refractivity (Wildman–Crippen MR) is 84.2 cm³/mol. The van der Waals surface area contributed by atoms with Gasteiger partial charge in [0, 0.05) is 18.2 Å². The molecule has 6 heteroatoms. The fourth-order valence-corrected chi connectivity index (χ4v) is 2.06. The van der Waals surface area contributed by atoms with E-state index in [2.05, 4.69) is 15.8 Å². The van der Waals surface area contributed by atoms with E-state index in [1.807, 2.05) is 30.3 Å². The minimum atomic E-state index is -0.442. The van der Waals surface area contributed by atoms with E-state index in [4.69, 9.17) is 4.52 Å². The average molecular weight is 311 g/mol. The second kappa shape index (κ2) is 6.74. The van der Waals surface area contributed by atoms with Crippen molar-refractivity contribution in [1.29, 1.82) is 0 Å². The van der Waals surface area contributed by atoms with Gasteiger partial charge < -0.3 is 9.84 Å². The summed E-state index contributed by atoms with van der Waals surface area (Å²) in [5.74, 6) is 0.528. The molecule has 3 rings (SSSR count). The van der Waals surface area contributed by atoms with Gasteiger partial charge in [-0.3, -0.25) is 5.32 Å². The highest BCUT2D eigenvalue weighted by Crippen LogP contribution is 2.21. The number of nitrogens with one attached hydrogen (secondary N) is 2. The Labute approximate surface area is 132 Å². The normalized spacial score (nSPS) is 10.3. The molecule has 3 aromatic rings. The maximum Gasteiger partial charge on any atom is 0.320 e. The molecule has 0 aliphatic carbocycles. The van der Waals surface area contributed by atoms with Crippen molar-refractivity contribution in [3.63, 3.8) is 0 Å². The number of benzene rings is 2. The monoisotopic (exact) mass is 311 g/mol. The molecule has 0 saturated carbocycles. The number of anilines is 1. The summed E-state index contributed by atoms with van der Waals surface area (Å²) in [5.41, 5.74) is 1.54. The van der Waals surface area contributed by atoms with Crippen molar-refractivity contribution >= 4 is 11.8 Å². The number of hydrogen-bond acceptors (Lipinski definition) is 3. The number of hydrogen-bond donors (Lipinski definition) is 2. The summed E-state index contributed by atoms with van der Waals surface area (Å²) >= 11 is 0. The molecule has 0 bridgehead atoms. The van der Waals surface area contributed by atoms with E-state index < -0.39 is 6.03 Å². The lowest BCUT2D eigenvalue weighted by molar-refractivity contribution is 0.251. The van der Waals surface area contributed by atoms with Crippen molar-refractivity contribution in [2.24, 2.45) is 0 Å². The van der Waals surface area contributed by atoms with E-state index in [9.17, 15) is 9.18 Å². The first kappa shape index (κ1) is 14.8. The SMILES string of the molecule is O=C(NCc1cccc(F)c1)Nc1cc(-c2ccccc2)on1. The van der Waals surface area contributed by atoms with E-state index in [0.29, 0.717) is 17.1 Å². The number of rotatable bonds is 4. The minimum Gasteiger partial charge on any atom is -0.354 e. The highest BCUT2D eigenvalue weighted by Gasteiger charge is 2.09. The smallest absolute Gasteiger partial charge is 0.320 e. The zero-order valence-corrected chi connectivity index (χ0v) is 12.1. The molecule has 2 aromatic carbocycles. The first-order chi connectivity index (χ1) is 11.2. The fraction of sp³-hybridized carbons (Fsp3) is 0.0588. The van der Waals surface area contributed by atoms with Crippen molar-refractivity contribution in [1.82, 2.24) is 10.5 Å². The quantitative estimate of drug-likeness (QED) is 0.770. The van der Waals surface area contributed by atoms with Crippen LogP contribution in [0.25, 0.3) is 11.3 Å². The van der Waals surface area contributed by atoms with Gasteiger partial charge in [0.1, 0.15) is 5.82 Å². The molecule has 116 valence electrons. The Morgan fingerprint density at radius 1 is 1.09 bits per heavy atom. The maximum absolute atomic E-state index is 13.1. The van der Waals surface area contributed by atoms with Crippen LogP contribution in [0.2, 0.25) is 0 Å². The van der Waals surface area contributed by atoms with Crippen molar-refractivity contribution in [3.8, 4) is 11.3 Å². The number of nitrogens with zero attached hydrogens (tertiary/aromatic N) is 1. The van der Waals surface area contributed by atoms with Crippen LogP contribution in [0.15, 0.2) is 65.2 Å². The van der Waals surface area contributed by atoms with Crippen molar-refractivity contribution < 1.29 is 13.7 Å². The third kappa shape index (κ3) is 3.94. The molecule has 0 unspecified atom stereocenters. The van der Waals surface area contributed by atoms with Crippen LogP contribution < -0.4 is 10.6 Å². The van der Waals surface area contributed by atoms with Crippen molar-refractivity contribution in [3.05, 3.63) is 72.0 Å². The average Bonchev–Trinajstić information content (AvgIpc) is 3.02. The maximum atomic E-state index is 13.1. The molecule has 0 fully saturated rings. The molecule has 1 aromatic heterocycles. The van der Waals surface area contributed by atoms with E-state index in [1.54, 1.807) is 18.2 Å². The molecule has 2 N–H and O–H groups in total. The van der Waals surface area contributed by atoms with Crippen LogP contribution in [0.4, 0.5) is 15.0 Å². The van der Waals surface area contributed by atoms with Gasteiger partial charge in [0.25, 0.3) is 0 Å². The second-order valence-corrected chi connectivity index (χ2v) is 4.88. The summed E-state index contributed by atoms with van der Waals surface area (Å²) in [6, 6.07) is 16.7. The molecule has 1 heterocycles. The van der Waals surface area contributed by atoms with Gasteiger partial charge in [-0.25, -0.2) is 9.18 Å². The summed E-state index contributed by atoms with van der Waals surface area (Å²) in [5, 5.41) is 8.99. The van der Waals surface area contributed by atoms with Crippen LogP contribution in [0.1, 0.15) is 5.56 Å². The van der Waals surface area contributed by atoms with Crippen molar-refractivity contribution in [2.75, 3.05) is 5.32 Å². The van der Waals surface area contributed by atoms with Crippen LogP contribution in [0, 0.1) is 5.82 Å². The molecule has 0 radical (unpaired) electrons. The van der Waals surface area contributed by atoms with Gasteiger partial charge in [-0.05, 0) is 17.7 Å². The molecule has 0 spiro atoms. The Kier molecular flexibility index (Phi) is 4.33. The van der Waals surface area contributed by atoms with E-state index in [1.165, 1.54) is 12.1 Å². The Bertz CT molecular complexity index is 802. The lowest BCUT2D eigenvalue weighted by atomic mass is 10.2. The Morgan fingerprint density at radius 3 is 2.70 bits per heavy atom. The Balaban J connectivity index is 1.57. The van der Waals surface area contributed by atoms with Crippen molar-refractivity contribution in [2.45, 2.75) is 6.54 Å². The zero-order valence-electron chi connectivity index (χ0n) is 12.1. The molecule has 0 atom stereocenters.